The highest BCUT2D eigenvalue weighted by Gasteiger charge is 2.30. The van der Waals surface area contributed by atoms with Gasteiger partial charge in [-0.25, -0.2) is 13.6 Å². The Hall–Kier alpha value is -1.98. The van der Waals surface area contributed by atoms with Crippen molar-refractivity contribution in [1.82, 2.24) is 5.32 Å². The van der Waals surface area contributed by atoms with E-state index in [0.29, 0.717) is 12.3 Å². The lowest BCUT2D eigenvalue weighted by Gasteiger charge is -2.14. The van der Waals surface area contributed by atoms with Crippen LogP contribution in [0, 0.1) is 17.6 Å². The molecule has 1 amide bonds. The highest BCUT2D eigenvalue weighted by Crippen LogP contribution is 2.33. The van der Waals surface area contributed by atoms with Crippen LogP contribution in [-0.2, 0) is 16.0 Å². The van der Waals surface area contributed by atoms with Gasteiger partial charge in [0.15, 0.2) is 0 Å². The molecule has 0 spiro atoms. The number of carbonyl (C=O) groups excluding carboxylic acids is 1. The molecule has 0 bridgehead atoms. The fourth-order valence-corrected chi connectivity index (χ4v) is 2.01. The third-order valence-electron chi connectivity index (χ3n) is 3.26. The first-order valence-electron chi connectivity index (χ1n) is 6.42. The summed E-state index contributed by atoms with van der Waals surface area (Å²) in [5.74, 6) is -2.72. The molecule has 0 heterocycles. The number of carboxylic acid groups (broad SMARTS) is 1. The van der Waals surface area contributed by atoms with Crippen LogP contribution in [-0.4, -0.2) is 23.0 Å². The highest BCUT2D eigenvalue weighted by atomic mass is 19.1. The topological polar surface area (TPSA) is 66.4 Å². The maximum Gasteiger partial charge on any atom is 0.326 e. The first-order chi connectivity index (χ1) is 9.45. The summed E-state index contributed by atoms with van der Waals surface area (Å²) in [7, 11) is 0. The van der Waals surface area contributed by atoms with E-state index in [1.165, 1.54) is 0 Å². The van der Waals surface area contributed by atoms with E-state index >= 15 is 0 Å². The minimum Gasteiger partial charge on any atom is -0.480 e. The van der Waals surface area contributed by atoms with Crippen molar-refractivity contribution in [2.45, 2.75) is 31.7 Å². The Balaban J connectivity index is 1.96. The lowest BCUT2D eigenvalue weighted by molar-refractivity contribution is -0.142. The van der Waals surface area contributed by atoms with E-state index in [4.69, 9.17) is 5.11 Å². The molecule has 108 valence electrons. The number of amides is 1. The molecule has 1 aromatic carbocycles. The Kier molecular flexibility index (Phi) is 4.32. The average molecular weight is 283 g/mol. The maximum atomic E-state index is 13.4. The van der Waals surface area contributed by atoms with Gasteiger partial charge in [-0.15, -0.1) is 0 Å². The molecule has 4 nitrogen and oxygen atoms in total. The van der Waals surface area contributed by atoms with Gasteiger partial charge in [-0.2, -0.15) is 0 Å². The van der Waals surface area contributed by atoms with Crippen LogP contribution in [0.25, 0.3) is 0 Å². The van der Waals surface area contributed by atoms with E-state index in [0.717, 1.165) is 31.0 Å². The van der Waals surface area contributed by atoms with E-state index in [-0.39, 0.29) is 12.0 Å². The van der Waals surface area contributed by atoms with Crippen molar-refractivity contribution in [2.24, 2.45) is 5.92 Å². The van der Waals surface area contributed by atoms with Gasteiger partial charge in [0.05, 0.1) is 6.42 Å². The zero-order valence-corrected chi connectivity index (χ0v) is 10.7. The summed E-state index contributed by atoms with van der Waals surface area (Å²) in [6.07, 6.45) is 1.95. The number of aliphatic carboxylic acids is 1. The highest BCUT2D eigenvalue weighted by molar-refractivity contribution is 5.84. The molecule has 1 aliphatic rings. The molecule has 1 aliphatic carbocycles. The summed E-state index contributed by atoms with van der Waals surface area (Å²) in [5, 5.41) is 11.4. The van der Waals surface area contributed by atoms with Gasteiger partial charge in [0.2, 0.25) is 5.91 Å². The van der Waals surface area contributed by atoms with Crippen molar-refractivity contribution in [1.29, 1.82) is 0 Å². The molecule has 2 rings (SSSR count). The third kappa shape index (κ3) is 4.01. The number of nitrogens with one attached hydrogen (secondary N) is 1. The molecule has 6 heteroatoms. The van der Waals surface area contributed by atoms with Crippen LogP contribution in [0.15, 0.2) is 18.2 Å². The van der Waals surface area contributed by atoms with Crippen molar-refractivity contribution in [2.75, 3.05) is 0 Å². The zero-order valence-electron chi connectivity index (χ0n) is 10.7. The molecule has 0 aliphatic heterocycles. The zero-order chi connectivity index (χ0) is 14.7. The first-order valence-corrected chi connectivity index (χ1v) is 6.42. The molecule has 1 unspecified atom stereocenters. The van der Waals surface area contributed by atoms with Crippen molar-refractivity contribution >= 4 is 11.9 Å². The second-order valence-corrected chi connectivity index (χ2v) is 5.05. The van der Waals surface area contributed by atoms with E-state index in [1.54, 1.807) is 0 Å². The van der Waals surface area contributed by atoms with Crippen LogP contribution in [0.4, 0.5) is 8.78 Å². The molecule has 0 aromatic heterocycles. The Morgan fingerprint density at radius 3 is 2.65 bits per heavy atom. The predicted octanol–water partition coefficient (Wildman–Crippen LogP) is 1.88. The van der Waals surface area contributed by atoms with Crippen molar-refractivity contribution in [3.8, 4) is 0 Å². The number of halogens is 2. The van der Waals surface area contributed by atoms with Crippen LogP contribution in [0.2, 0.25) is 0 Å². The minimum absolute atomic E-state index is 0.0851. The van der Waals surface area contributed by atoms with Crippen molar-refractivity contribution < 1.29 is 23.5 Å². The van der Waals surface area contributed by atoms with Gasteiger partial charge in [-0.05, 0) is 30.5 Å². The largest absolute Gasteiger partial charge is 0.480 e. The minimum atomic E-state index is -1.11. The smallest absolute Gasteiger partial charge is 0.326 e. The predicted molar refractivity (Wildman–Crippen MR) is 67.0 cm³/mol. The second kappa shape index (κ2) is 5.98. The van der Waals surface area contributed by atoms with Gasteiger partial charge in [0.25, 0.3) is 0 Å². The number of hydrogen-bond donors (Lipinski definition) is 2. The Labute approximate surface area is 114 Å². The van der Waals surface area contributed by atoms with Gasteiger partial charge < -0.3 is 10.4 Å². The summed E-state index contributed by atoms with van der Waals surface area (Å²) >= 11 is 0. The van der Waals surface area contributed by atoms with E-state index in [2.05, 4.69) is 5.32 Å². The van der Waals surface area contributed by atoms with Gasteiger partial charge in [-0.1, -0.05) is 12.8 Å². The Morgan fingerprint density at radius 1 is 1.35 bits per heavy atom. The van der Waals surface area contributed by atoms with Crippen molar-refractivity contribution in [3.05, 3.63) is 35.4 Å². The third-order valence-corrected chi connectivity index (χ3v) is 3.26. The molecular formula is C14H15F2NO3. The fourth-order valence-electron chi connectivity index (χ4n) is 2.01. The SMILES string of the molecule is O=C(Cc1cc(F)ccc1F)NC(CC1CC1)C(=O)O. The number of hydrogen-bond acceptors (Lipinski definition) is 2. The molecular weight excluding hydrogens is 268 g/mol. The summed E-state index contributed by atoms with van der Waals surface area (Å²) in [4.78, 5) is 22.8. The van der Waals surface area contributed by atoms with E-state index < -0.39 is 29.6 Å². The molecule has 2 N–H and O–H groups in total. The molecule has 1 atom stereocenters. The first kappa shape index (κ1) is 14.4. The summed E-state index contributed by atoms with van der Waals surface area (Å²) in [6, 6.07) is 1.87. The molecule has 0 saturated heterocycles. The number of benzene rings is 1. The monoisotopic (exact) mass is 283 g/mol. The van der Waals surface area contributed by atoms with Gasteiger partial charge >= 0.3 is 5.97 Å². The number of carboxylic acids is 1. The summed E-state index contributed by atoms with van der Waals surface area (Å²) in [6.45, 7) is 0. The summed E-state index contributed by atoms with van der Waals surface area (Å²) in [5.41, 5.74) is -0.0851. The Bertz CT molecular complexity index is 529. The normalized spacial score (nSPS) is 15.7. The number of carbonyl (C=O) groups is 2. The van der Waals surface area contributed by atoms with Gasteiger partial charge in [0, 0.05) is 5.56 Å². The molecule has 20 heavy (non-hydrogen) atoms. The van der Waals surface area contributed by atoms with Crippen LogP contribution in [0.3, 0.4) is 0 Å². The summed E-state index contributed by atoms with van der Waals surface area (Å²) < 4.78 is 26.4. The molecule has 1 saturated carbocycles. The standard InChI is InChI=1S/C14H15F2NO3/c15-10-3-4-11(16)9(6-10)7-13(18)17-12(14(19)20)5-8-1-2-8/h3-4,6,8,12H,1-2,5,7H2,(H,17,18)(H,19,20). The Morgan fingerprint density at radius 2 is 2.05 bits per heavy atom. The maximum absolute atomic E-state index is 13.4. The number of rotatable bonds is 6. The molecule has 0 radical (unpaired) electrons. The van der Waals surface area contributed by atoms with Crippen LogP contribution in [0.5, 0.6) is 0 Å². The fraction of sp³-hybridized carbons (Fsp3) is 0.429. The van der Waals surface area contributed by atoms with Gasteiger partial charge in [0.1, 0.15) is 17.7 Å². The van der Waals surface area contributed by atoms with Crippen LogP contribution < -0.4 is 5.32 Å². The second-order valence-electron chi connectivity index (χ2n) is 5.05. The van der Waals surface area contributed by atoms with Crippen LogP contribution >= 0.6 is 0 Å². The average Bonchev–Trinajstić information content (AvgIpc) is 3.17. The molecule has 1 aromatic rings. The quantitative estimate of drug-likeness (QED) is 0.837. The lowest BCUT2D eigenvalue weighted by Crippen LogP contribution is -2.41. The van der Waals surface area contributed by atoms with Crippen LogP contribution in [0.1, 0.15) is 24.8 Å². The molecule has 1 fully saturated rings. The van der Waals surface area contributed by atoms with E-state index in [1.807, 2.05) is 0 Å². The van der Waals surface area contributed by atoms with E-state index in [9.17, 15) is 18.4 Å². The lowest BCUT2D eigenvalue weighted by atomic mass is 10.1. The van der Waals surface area contributed by atoms with Crippen molar-refractivity contribution in [3.63, 3.8) is 0 Å². The van der Waals surface area contributed by atoms with Gasteiger partial charge in [-0.3, -0.25) is 4.79 Å².